The molecule has 0 aromatic carbocycles. The fraction of sp³-hybridized carbons (Fsp3) is 0.545. The maximum atomic E-state index is 10.7. The van der Waals surface area contributed by atoms with Crippen molar-refractivity contribution in [3.63, 3.8) is 0 Å². The molecule has 0 aliphatic rings. The number of anilines is 1. The number of nitrogen functional groups attached to an aromatic ring is 1. The van der Waals surface area contributed by atoms with Gasteiger partial charge in [-0.2, -0.15) is 4.98 Å². The van der Waals surface area contributed by atoms with Gasteiger partial charge in [-0.1, -0.05) is 13.3 Å². The summed E-state index contributed by atoms with van der Waals surface area (Å²) in [6, 6.07) is 2.47. The number of hydrogen-bond donors (Lipinski definition) is 2. The lowest BCUT2D eigenvalue weighted by Crippen LogP contribution is -2.12. The second-order valence-electron chi connectivity index (χ2n) is 3.76. The summed E-state index contributed by atoms with van der Waals surface area (Å²) in [6.45, 7) is 3.45. The Labute approximate surface area is 111 Å². The molecular weight excluding hydrogens is 252 g/mol. The molecule has 0 saturated heterocycles. The molecule has 1 rings (SSSR count). The third-order valence-corrected chi connectivity index (χ3v) is 2.27. The molecular formula is C11H18N4O4. The molecule has 0 amide bonds. The van der Waals surface area contributed by atoms with E-state index in [-0.39, 0.29) is 24.0 Å². The fourth-order valence-electron chi connectivity index (χ4n) is 1.30. The van der Waals surface area contributed by atoms with Gasteiger partial charge >= 0.3 is 0 Å². The Morgan fingerprint density at radius 1 is 1.42 bits per heavy atom. The van der Waals surface area contributed by atoms with Crippen molar-refractivity contribution in [2.24, 2.45) is 5.84 Å². The summed E-state index contributed by atoms with van der Waals surface area (Å²) >= 11 is 0. The summed E-state index contributed by atoms with van der Waals surface area (Å²) in [4.78, 5) is 14.1. The van der Waals surface area contributed by atoms with Gasteiger partial charge in [-0.25, -0.2) is 5.84 Å². The lowest BCUT2D eigenvalue weighted by Gasteiger charge is -2.07. The second-order valence-corrected chi connectivity index (χ2v) is 3.76. The lowest BCUT2D eigenvalue weighted by atomic mass is 10.4. The number of pyridine rings is 1. The van der Waals surface area contributed by atoms with Crippen LogP contribution in [0.25, 0.3) is 0 Å². The van der Waals surface area contributed by atoms with Gasteiger partial charge in [0.25, 0.3) is 5.69 Å². The van der Waals surface area contributed by atoms with E-state index >= 15 is 0 Å². The quantitative estimate of drug-likeness (QED) is 0.302. The SMILES string of the molecule is CCCCOCCOc1cc([N+](=O)[O-])cc(NN)n1. The van der Waals surface area contributed by atoms with Crippen LogP contribution in [0, 0.1) is 10.1 Å². The molecule has 1 aromatic heterocycles. The number of nitrogens with one attached hydrogen (secondary N) is 1. The normalized spacial score (nSPS) is 10.2. The largest absolute Gasteiger partial charge is 0.475 e. The van der Waals surface area contributed by atoms with Gasteiger partial charge < -0.3 is 14.9 Å². The third-order valence-electron chi connectivity index (χ3n) is 2.27. The van der Waals surface area contributed by atoms with E-state index < -0.39 is 4.92 Å². The standard InChI is InChI=1S/C11H18N4O4/c1-2-3-4-18-5-6-19-11-8-9(15(16)17)7-10(13-11)14-12/h7-8H,2-6,12H2,1H3,(H,13,14). The zero-order chi connectivity index (χ0) is 14.1. The average molecular weight is 270 g/mol. The first-order chi connectivity index (χ1) is 9.17. The monoisotopic (exact) mass is 270 g/mol. The van der Waals surface area contributed by atoms with Crippen LogP contribution in [0.4, 0.5) is 11.5 Å². The molecule has 1 heterocycles. The number of unbranched alkanes of at least 4 members (excludes halogenated alkanes) is 1. The summed E-state index contributed by atoms with van der Waals surface area (Å²) < 4.78 is 10.6. The van der Waals surface area contributed by atoms with Crippen molar-refractivity contribution in [3.8, 4) is 5.88 Å². The minimum atomic E-state index is -0.535. The Balaban J connectivity index is 2.48. The highest BCUT2D eigenvalue weighted by Gasteiger charge is 2.11. The minimum absolute atomic E-state index is 0.134. The molecule has 19 heavy (non-hydrogen) atoms. The maximum Gasteiger partial charge on any atom is 0.278 e. The first-order valence-corrected chi connectivity index (χ1v) is 6.01. The number of hydrazine groups is 1. The molecule has 1 aromatic rings. The minimum Gasteiger partial charge on any atom is -0.475 e. The van der Waals surface area contributed by atoms with Crippen molar-refractivity contribution in [1.29, 1.82) is 0 Å². The van der Waals surface area contributed by atoms with Crippen molar-refractivity contribution in [1.82, 2.24) is 4.98 Å². The van der Waals surface area contributed by atoms with Crippen LogP contribution in [-0.2, 0) is 4.74 Å². The van der Waals surface area contributed by atoms with Gasteiger partial charge in [0.15, 0.2) is 5.82 Å². The average Bonchev–Trinajstić information content (AvgIpc) is 2.42. The van der Waals surface area contributed by atoms with Crippen molar-refractivity contribution in [2.45, 2.75) is 19.8 Å². The Bertz CT molecular complexity index is 414. The molecule has 8 heteroatoms. The molecule has 0 saturated carbocycles. The van der Waals surface area contributed by atoms with E-state index in [1.165, 1.54) is 12.1 Å². The van der Waals surface area contributed by atoms with E-state index in [1.54, 1.807) is 0 Å². The summed E-state index contributed by atoms with van der Waals surface area (Å²) in [7, 11) is 0. The van der Waals surface area contributed by atoms with Crippen LogP contribution in [0.3, 0.4) is 0 Å². The fourth-order valence-corrected chi connectivity index (χ4v) is 1.30. The van der Waals surface area contributed by atoms with Crippen LogP contribution < -0.4 is 16.0 Å². The van der Waals surface area contributed by atoms with Crippen molar-refractivity contribution in [3.05, 3.63) is 22.2 Å². The van der Waals surface area contributed by atoms with Crippen LogP contribution in [0.2, 0.25) is 0 Å². The van der Waals surface area contributed by atoms with E-state index in [1.807, 2.05) is 0 Å². The van der Waals surface area contributed by atoms with Gasteiger partial charge in [0.1, 0.15) is 6.61 Å². The first-order valence-electron chi connectivity index (χ1n) is 6.01. The van der Waals surface area contributed by atoms with Gasteiger partial charge in [-0.3, -0.25) is 10.1 Å². The number of ether oxygens (including phenoxy) is 2. The zero-order valence-electron chi connectivity index (χ0n) is 10.8. The first kappa shape index (κ1) is 15.1. The Morgan fingerprint density at radius 3 is 2.84 bits per heavy atom. The molecule has 8 nitrogen and oxygen atoms in total. The van der Waals surface area contributed by atoms with Crippen LogP contribution in [0.1, 0.15) is 19.8 Å². The van der Waals surface area contributed by atoms with Crippen LogP contribution >= 0.6 is 0 Å². The number of hydrogen-bond acceptors (Lipinski definition) is 7. The molecule has 0 spiro atoms. The molecule has 0 bridgehead atoms. The molecule has 0 aliphatic heterocycles. The Morgan fingerprint density at radius 2 is 2.21 bits per heavy atom. The van der Waals surface area contributed by atoms with Gasteiger partial charge in [-0.05, 0) is 6.42 Å². The predicted molar refractivity (Wildman–Crippen MR) is 69.9 cm³/mol. The van der Waals surface area contributed by atoms with E-state index in [0.29, 0.717) is 13.2 Å². The predicted octanol–water partition coefficient (Wildman–Crippen LogP) is 1.47. The molecule has 0 unspecified atom stereocenters. The van der Waals surface area contributed by atoms with Crippen LogP contribution in [-0.4, -0.2) is 29.7 Å². The maximum absolute atomic E-state index is 10.7. The molecule has 3 N–H and O–H groups in total. The van der Waals surface area contributed by atoms with Gasteiger partial charge in [0.2, 0.25) is 5.88 Å². The second kappa shape index (κ2) is 8.22. The van der Waals surface area contributed by atoms with Crippen LogP contribution in [0.5, 0.6) is 5.88 Å². The zero-order valence-corrected chi connectivity index (χ0v) is 10.8. The molecule has 0 radical (unpaired) electrons. The highest BCUT2D eigenvalue weighted by molar-refractivity contribution is 5.47. The third kappa shape index (κ3) is 5.49. The highest BCUT2D eigenvalue weighted by Crippen LogP contribution is 2.21. The van der Waals surface area contributed by atoms with Crippen molar-refractivity contribution in [2.75, 3.05) is 25.2 Å². The number of rotatable bonds is 9. The highest BCUT2D eigenvalue weighted by atomic mass is 16.6. The van der Waals surface area contributed by atoms with Crippen molar-refractivity contribution < 1.29 is 14.4 Å². The Kier molecular flexibility index (Phi) is 6.55. The van der Waals surface area contributed by atoms with Crippen molar-refractivity contribution >= 4 is 11.5 Å². The number of aromatic nitrogens is 1. The topological polar surface area (TPSA) is 113 Å². The molecule has 0 atom stereocenters. The van der Waals surface area contributed by atoms with E-state index in [0.717, 1.165) is 12.8 Å². The molecule has 0 fully saturated rings. The number of nitro groups is 1. The number of nitrogens with two attached hydrogens (primary N) is 1. The summed E-state index contributed by atoms with van der Waals surface area (Å²) in [5, 5.41) is 10.7. The van der Waals surface area contributed by atoms with Gasteiger partial charge in [0.05, 0.1) is 23.7 Å². The van der Waals surface area contributed by atoms with E-state index in [2.05, 4.69) is 17.3 Å². The Hall–Kier alpha value is -1.93. The van der Waals surface area contributed by atoms with Crippen LogP contribution in [0.15, 0.2) is 12.1 Å². The molecule has 106 valence electrons. The van der Waals surface area contributed by atoms with Gasteiger partial charge in [-0.15, -0.1) is 0 Å². The number of nitrogens with zero attached hydrogens (tertiary/aromatic N) is 2. The summed E-state index contributed by atoms with van der Waals surface area (Å²) in [6.07, 6.45) is 2.06. The smallest absolute Gasteiger partial charge is 0.278 e. The molecule has 0 aliphatic carbocycles. The van der Waals surface area contributed by atoms with E-state index in [9.17, 15) is 10.1 Å². The van der Waals surface area contributed by atoms with Gasteiger partial charge in [0, 0.05) is 6.61 Å². The summed E-state index contributed by atoms with van der Waals surface area (Å²) in [5.74, 6) is 5.50. The van der Waals surface area contributed by atoms with E-state index in [4.69, 9.17) is 15.3 Å². The summed E-state index contributed by atoms with van der Waals surface area (Å²) in [5.41, 5.74) is 2.12. The lowest BCUT2D eigenvalue weighted by molar-refractivity contribution is -0.384.